The van der Waals surface area contributed by atoms with Gasteiger partial charge in [0.25, 0.3) is 0 Å². The molecule has 0 bridgehead atoms. The molecule has 0 radical (unpaired) electrons. The molecule has 5 rings (SSSR count). The van der Waals surface area contributed by atoms with Gasteiger partial charge in [-0.05, 0) is 59.1 Å². The maximum Gasteiger partial charge on any atom is 0.148 e. The smallest absolute Gasteiger partial charge is 0.148 e. The van der Waals surface area contributed by atoms with Gasteiger partial charge in [-0.2, -0.15) is 0 Å². The maximum atomic E-state index is 14.0. The summed E-state index contributed by atoms with van der Waals surface area (Å²) in [5, 5.41) is 0.886. The van der Waals surface area contributed by atoms with Crippen molar-refractivity contribution in [1.82, 2.24) is 14.4 Å². The van der Waals surface area contributed by atoms with Crippen LogP contribution in [-0.2, 0) is 16.2 Å². The molecule has 0 fully saturated rings. The summed E-state index contributed by atoms with van der Waals surface area (Å²) in [7, 11) is 0. The maximum absolute atomic E-state index is 14.0. The van der Waals surface area contributed by atoms with Crippen molar-refractivity contribution in [3.05, 3.63) is 53.1 Å². The average molecular weight is 404 g/mol. The summed E-state index contributed by atoms with van der Waals surface area (Å²) in [5.74, 6) is 0.639. The fourth-order valence-electron chi connectivity index (χ4n) is 4.99. The molecule has 0 aliphatic heterocycles. The van der Waals surface area contributed by atoms with Crippen LogP contribution < -0.4 is 0 Å². The molecule has 3 nitrogen and oxygen atoms in total. The van der Waals surface area contributed by atoms with E-state index in [1.165, 1.54) is 36.1 Å². The van der Waals surface area contributed by atoms with Gasteiger partial charge >= 0.3 is 0 Å². The molecule has 2 aromatic carbocycles. The molecule has 4 aromatic rings. The predicted molar refractivity (Wildman–Crippen MR) is 122 cm³/mol. The molecular formula is C26H30FN3. The Morgan fingerprint density at radius 3 is 2.13 bits per heavy atom. The van der Waals surface area contributed by atoms with E-state index in [4.69, 9.17) is 9.97 Å². The first-order valence-corrected chi connectivity index (χ1v) is 10.9. The van der Waals surface area contributed by atoms with E-state index in [0.29, 0.717) is 5.52 Å². The van der Waals surface area contributed by atoms with Crippen LogP contribution in [0.25, 0.3) is 27.6 Å². The van der Waals surface area contributed by atoms with Gasteiger partial charge in [0.15, 0.2) is 0 Å². The van der Waals surface area contributed by atoms with Crippen LogP contribution in [0.4, 0.5) is 4.39 Å². The number of fused-ring (bicyclic) bond motifs is 6. The highest BCUT2D eigenvalue weighted by Crippen LogP contribution is 2.47. The Morgan fingerprint density at radius 1 is 0.867 bits per heavy atom. The van der Waals surface area contributed by atoms with Crippen molar-refractivity contribution in [2.45, 2.75) is 77.6 Å². The van der Waals surface area contributed by atoms with Gasteiger partial charge in [0.1, 0.15) is 17.3 Å². The van der Waals surface area contributed by atoms with E-state index in [1.54, 1.807) is 6.07 Å². The molecular weight excluding hydrogens is 373 g/mol. The van der Waals surface area contributed by atoms with Crippen molar-refractivity contribution in [2.24, 2.45) is 0 Å². The second-order valence-electron chi connectivity index (χ2n) is 11.3. The van der Waals surface area contributed by atoms with Crippen LogP contribution in [0.15, 0.2) is 30.3 Å². The number of halogens is 1. The Labute approximate surface area is 177 Å². The van der Waals surface area contributed by atoms with Crippen LogP contribution in [0.5, 0.6) is 0 Å². The first-order chi connectivity index (χ1) is 13.9. The molecule has 0 amide bonds. The molecule has 1 aliphatic carbocycles. The molecule has 1 aliphatic rings. The number of benzene rings is 2. The van der Waals surface area contributed by atoms with E-state index >= 15 is 0 Å². The monoisotopic (exact) mass is 403 g/mol. The molecule has 0 N–H and O–H groups in total. The lowest BCUT2D eigenvalue weighted by Gasteiger charge is -2.41. The fourth-order valence-corrected chi connectivity index (χ4v) is 4.99. The normalized spacial score (nSPS) is 18.3. The van der Waals surface area contributed by atoms with Crippen LogP contribution in [0.2, 0.25) is 0 Å². The molecule has 0 unspecified atom stereocenters. The third-order valence-corrected chi connectivity index (χ3v) is 6.94. The lowest BCUT2D eigenvalue weighted by atomic mass is 9.63. The van der Waals surface area contributed by atoms with E-state index in [9.17, 15) is 4.39 Å². The van der Waals surface area contributed by atoms with Gasteiger partial charge in [0.2, 0.25) is 0 Å². The van der Waals surface area contributed by atoms with Gasteiger partial charge in [0.05, 0.1) is 16.6 Å². The van der Waals surface area contributed by atoms with Gasteiger partial charge in [-0.15, -0.1) is 0 Å². The van der Waals surface area contributed by atoms with E-state index in [-0.39, 0.29) is 22.1 Å². The van der Waals surface area contributed by atoms with Crippen molar-refractivity contribution < 1.29 is 4.39 Å². The zero-order chi connectivity index (χ0) is 21.6. The highest BCUT2D eigenvalue weighted by atomic mass is 19.1. The quantitative estimate of drug-likeness (QED) is 0.322. The van der Waals surface area contributed by atoms with Crippen LogP contribution in [-0.4, -0.2) is 14.4 Å². The van der Waals surface area contributed by atoms with Gasteiger partial charge < -0.3 is 0 Å². The molecule has 0 saturated carbocycles. The predicted octanol–water partition coefficient (Wildman–Crippen LogP) is 6.82. The number of hydrogen-bond donors (Lipinski definition) is 0. The fraction of sp³-hybridized carbons (Fsp3) is 0.462. The Balaban J connectivity index is 1.99. The largest absolute Gasteiger partial charge is 0.279 e. The first-order valence-electron chi connectivity index (χ1n) is 10.9. The lowest BCUT2D eigenvalue weighted by Crippen LogP contribution is -2.33. The molecule has 0 saturated heterocycles. The highest BCUT2D eigenvalue weighted by Gasteiger charge is 2.38. The van der Waals surface area contributed by atoms with Crippen molar-refractivity contribution in [1.29, 1.82) is 0 Å². The third-order valence-electron chi connectivity index (χ3n) is 6.94. The van der Waals surface area contributed by atoms with Crippen molar-refractivity contribution in [3.63, 3.8) is 0 Å². The second-order valence-corrected chi connectivity index (χ2v) is 11.3. The highest BCUT2D eigenvalue weighted by molar-refractivity contribution is 5.97. The van der Waals surface area contributed by atoms with Crippen molar-refractivity contribution in [3.8, 4) is 0 Å². The van der Waals surface area contributed by atoms with Crippen LogP contribution in [0.3, 0.4) is 0 Å². The summed E-state index contributed by atoms with van der Waals surface area (Å²) in [6, 6.07) is 9.45. The molecule has 156 valence electrons. The minimum Gasteiger partial charge on any atom is -0.279 e. The summed E-state index contributed by atoms with van der Waals surface area (Å²) in [4.78, 5) is 9.99. The molecule has 4 heteroatoms. The van der Waals surface area contributed by atoms with Crippen LogP contribution in [0.1, 0.15) is 78.3 Å². The Bertz CT molecular complexity index is 1340. The van der Waals surface area contributed by atoms with E-state index in [2.05, 4.69) is 65.0 Å². The molecule has 30 heavy (non-hydrogen) atoms. The van der Waals surface area contributed by atoms with Crippen LogP contribution in [0, 0.1) is 5.82 Å². The van der Waals surface area contributed by atoms with E-state index in [1.807, 2.05) is 0 Å². The number of hydrogen-bond acceptors (Lipinski definition) is 2. The van der Waals surface area contributed by atoms with Gasteiger partial charge in [-0.25, -0.2) is 14.4 Å². The summed E-state index contributed by atoms with van der Waals surface area (Å²) in [6.45, 7) is 15.8. The minimum atomic E-state index is -0.269. The standard InChI is InChI=1S/C26H30FN3/c1-24(2,3)23-29-19-12-15(27)8-9-16(19)22-28-20-13-17-18(14-21(20)30(22)23)26(6,7)11-10-25(17,4)5/h8-9,12-14H,10-11H2,1-7H3. The lowest BCUT2D eigenvalue weighted by molar-refractivity contribution is 0.332. The summed E-state index contributed by atoms with van der Waals surface area (Å²) >= 11 is 0. The number of imidazole rings is 1. The molecule has 2 heterocycles. The van der Waals surface area contributed by atoms with Gasteiger partial charge in [-0.1, -0.05) is 48.5 Å². The Morgan fingerprint density at radius 2 is 1.50 bits per heavy atom. The molecule has 2 aromatic heterocycles. The van der Waals surface area contributed by atoms with Gasteiger partial charge in [0, 0.05) is 16.9 Å². The van der Waals surface area contributed by atoms with E-state index < -0.39 is 0 Å². The average Bonchev–Trinajstić information content (AvgIpc) is 3.01. The van der Waals surface area contributed by atoms with Crippen molar-refractivity contribution >= 4 is 27.6 Å². The third kappa shape index (κ3) is 2.69. The zero-order valence-corrected chi connectivity index (χ0v) is 19.0. The van der Waals surface area contributed by atoms with Crippen molar-refractivity contribution in [2.75, 3.05) is 0 Å². The topological polar surface area (TPSA) is 30.2 Å². The first kappa shape index (κ1) is 19.5. The van der Waals surface area contributed by atoms with Crippen LogP contribution >= 0.6 is 0 Å². The van der Waals surface area contributed by atoms with Gasteiger partial charge in [-0.3, -0.25) is 4.40 Å². The number of aromatic nitrogens is 3. The number of rotatable bonds is 0. The van der Waals surface area contributed by atoms with E-state index in [0.717, 1.165) is 27.9 Å². The minimum absolute atomic E-state index is 0.124. The summed E-state index contributed by atoms with van der Waals surface area (Å²) < 4.78 is 16.2. The number of nitrogens with zero attached hydrogens (tertiary/aromatic N) is 3. The molecule has 0 atom stereocenters. The Kier molecular flexibility index (Phi) is 3.77. The molecule has 0 spiro atoms. The zero-order valence-electron chi connectivity index (χ0n) is 19.0. The Hall–Kier alpha value is -2.49. The summed E-state index contributed by atoms with van der Waals surface area (Å²) in [5.41, 5.74) is 6.45. The second kappa shape index (κ2) is 5.81. The summed E-state index contributed by atoms with van der Waals surface area (Å²) in [6.07, 6.45) is 2.34. The SMILES string of the molecule is CC(C)(C)c1nc2cc(F)ccc2c2nc3cc4c(cc3n12)C(C)(C)CCC4(C)C.